The van der Waals surface area contributed by atoms with E-state index in [0.717, 1.165) is 17.0 Å². The van der Waals surface area contributed by atoms with Crippen LogP contribution in [0.15, 0.2) is 30.9 Å². The Morgan fingerprint density at radius 2 is 1.94 bits per heavy atom. The normalized spacial score (nSPS) is 10.5. The lowest BCUT2D eigenvalue weighted by molar-refractivity contribution is 0.241. The van der Waals surface area contributed by atoms with Crippen LogP contribution in [0.1, 0.15) is 13.8 Å². The van der Waals surface area contributed by atoms with Crippen LogP contribution in [-0.4, -0.2) is 21.1 Å². The van der Waals surface area contributed by atoms with Crippen molar-refractivity contribution in [3.05, 3.63) is 35.5 Å². The molecule has 0 radical (unpaired) electrons. The second-order valence-electron chi connectivity index (χ2n) is 3.89. The van der Waals surface area contributed by atoms with Gasteiger partial charge >= 0.3 is 0 Å². The molecule has 0 saturated carbocycles. The molecule has 0 aliphatic rings. The van der Waals surface area contributed by atoms with Gasteiger partial charge in [0, 0.05) is 11.8 Å². The summed E-state index contributed by atoms with van der Waals surface area (Å²) in [4.78, 5) is 11.2. The molecule has 0 aliphatic heterocycles. The molecule has 2 aromatic heterocycles. The highest BCUT2D eigenvalue weighted by atomic mass is 32.1. The molecular formula is C12H13N3OS. The smallest absolute Gasteiger partial charge is 0.138 e. The zero-order valence-corrected chi connectivity index (χ0v) is 10.5. The van der Waals surface area contributed by atoms with E-state index in [-0.39, 0.29) is 6.10 Å². The summed E-state index contributed by atoms with van der Waals surface area (Å²) in [6.07, 6.45) is 6.87. The maximum Gasteiger partial charge on any atom is 0.138 e. The molecule has 0 aromatic carbocycles. The number of aromatic nitrogens is 3. The Balaban J connectivity index is 2.36. The lowest BCUT2D eigenvalue weighted by Gasteiger charge is -2.10. The first-order valence-corrected chi connectivity index (χ1v) is 5.72. The lowest BCUT2D eigenvalue weighted by atomic mass is 10.2. The number of nitrogens with one attached hydrogen (secondary N) is 1. The van der Waals surface area contributed by atoms with E-state index in [9.17, 15) is 0 Å². The highest BCUT2D eigenvalue weighted by Crippen LogP contribution is 2.20. The van der Waals surface area contributed by atoms with Gasteiger partial charge in [-0.3, -0.25) is 9.97 Å². The largest absolute Gasteiger partial charge is 0.489 e. The molecule has 2 aromatic rings. The third-order valence-corrected chi connectivity index (χ3v) is 2.26. The van der Waals surface area contributed by atoms with Crippen molar-refractivity contribution in [2.45, 2.75) is 20.0 Å². The molecule has 0 amide bonds. The number of hydrogen-bond acceptors (Lipinski definition) is 4. The van der Waals surface area contributed by atoms with E-state index in [0.29, 0.717) is 4.64 Å². The molecule has 88 valence electrons. The van der Waals surface area contributed by atoms with E-state index in [1.165, 1.54) is 0 Å². The number of H-pyrrole nitrogens is 1. The Hall–Kier alpha value is -1.75. The fourth-order valence-electron chi connectivity index (χ4n) is 1.43. The first-order chi connectivity index (χ1) is 8.15. The van der Waals surface area contributed by atoms with Gasteiger partial charge in [0.05, 0.1) is 30.4 Å². The summed E-state index contributed by atoms with van der Waals surface area (Å²) in [6.45, 7) is 3.95. The fraction of sp³-hybridized carbons (Fsp3) is 0.250. The first kappa shape index (κ1) is 11.7. The van der Waals surface area contributed by atoms with E-state index in [1.54, 1.807) is 24.8 Å². The van der Waals surface area contributed by atoms with Crippen LogP contribution in [0.3, 0.4) is 0 Å². The molecule has 0 aliphatic carbocycles. The minimum Gasteiger partial charge on any atom is -0.489 e. The number of aromatic amines is 1. The first-order valence-electron chi connectivity index (χ1n) is 5.31. The molecule has 0 unspecified atom stereocenters. The molecule has 0 spiro atoms. The molecule has 2 heterocycles. The van der Waals surface area contributed by atoms with E-state index >= 15 is 0 Å². The van der Waals surface area contributed by atoms with Gasteiger partial charge in [-0.2, -0.15) is 0 Å². The van der Waals surface area contributed by atoms with Gasteiger partial charge in [0.2, 0.25) is 0 Å². The summed E-state index contributed by atoms with van der Waals surface area (Å²) in [7, 11) is 0. The van der Waals surface area contributed by atoms with E-state index in [1.807, 2.05) is 19.9 Å². The van der Waals surface area contributed by atoms with Crippen molar-refractivity contribution >= 4 is 12.2 Å². The summed E-state index contributed by atoms with van der Waals surface area (Å²) < 4.78 is 6.18. The molecule has 4 nitrogen and oxygen atoms in total. The maximum atomic E-state index is 5.58. The van der Waals surface area contributed by atoms with Gasteiger partial charge in [0.15, 0.2) is 0 Å². The van der Waals surface area contributed by atoms with Gasteiger partial charge in [-0.15, -0.1) is 0 Å². The molecule has 5 heteroatoms. The number of ether oxygens (including phenoxy) is 1. The molecule has 0 atom stereocenters. The predicted molar refractivity (Wildman–Crippen MR) is 68.4 cm³/mol. The zero-order valence-electron chi connectivity index (χ0n) is 9.68. The predicted octanol–water partition coefficient (Wildman–Crippen LogP) is 2.99. The van der Waals surface area contributed by atoms with Crippen LogP contribution < -0.4 is 4.74 Å². The van der Waals surface area contributed by atoms with Gasteiger partial charge in [0.1, 0.15) is 10.4 Å². The monoisotopic (exact) mass is 247 g/mol. The van der Waals surface area contributed by atoms with Crippen molar-refractivity contribution in [3.8, 4) is 17.0 Å². The highest BCUT2D eigenvalue weighted by molar-refractivity contribution is 7.71. The van der Waals surface area contributed by atoms with Crippen molar-refractivity contribution in [3.63, 3.8) is 0 Å². The molecular weight excluding hydrogens is 234 g/mol. The third-order valence-electron chi connectivity index (χ3n) is 2.05. The van der Waals surface area contributed by atoms with Gasteiger partial charge in [-0.1, -0.05) is 12.2 Å². The second kappa shape index (κ2) is 5.05. The topological polar surface area (TPSA) is 50.8 Å². The minimum absolute atomic E-state index is 0.124. The Labute approximate surface area is 105 Å². The van der Waals surface area contributed by atoms with Crippen LogP contribution >= 0.6 is 12.2 Å². The maximum absolute atomic E-state index is 5.58. The van der Waals surface area contributed by atoms with Crippen LogP contribution in [0.5, 0.6) is 5.75 Å². The second-order valence-corrected chi connectivity index (χ2v) is 4.33. The summed E-state index contributed by atoms with van der Waals surface area (Å²) >= 11 is 5.03. The standard InChI is InChI=1S/C12H13N3OS/c1-8(2)16-10-3-9(4-13-5-10)11-6-14-7-12(17)15-11/h3-8H,1-2H3,(H,15,17). The Kier molecular flexibility index (Phi) is 3.49. The average molecular weight is 247 g/mol. The van der Waals surface area contributed by atoms with Crippen LogP contribution in [0, 0.1) is 4.64 Å². The lowest BCUT2D eigenvalue weighted by Crippen LogP contribution is -2.05. The van der Waals surface area contributed by atoms with Crippen LogP contribution in [0.25, 0.3) is 11.3 Å². The number of rotatable bonds is 3. The summed E-state index contributed by atoms with van der Waals surface area (Å²) in [5.74, 6) is 0.737. The molecule has 1 N–H and O–H groups in total. The van der Waals surface area contributed by atoms with E-state index in [2.05, 4.69) is 15.0 Å². The van der Waals surface area contributed by atoms with Gasteiger partial charge in [0.25, 0.3) is 0 Å². The van der Waals surface area contributed by atoms with Crippen LogP contribution in [-0.2, 0) is 0 Å². The molecule has 0 fully saturated rings. The van der Waals surface area contributed by atoms with Crippen molar-refractivity contribution in [1.29, 1.82) is 0 Å². The van der Waals surface area contributed by atoms with E-state index in [4.69, 9.17) is 17.0 Å². The number of hydrogen-bond donors (Lipinski definition) is 1. The Morgan fingerprint density at radius 3 is 2.65 bits per heavy atom. The van der Waals surface area contributed by atoms with Crippen molar-refractivity contribution < 1.29 is 4.74 Å². The highest BCUT2D eigenvalue weighted by Gasteiger charge is 2.03. The number of nitrogens with zero attached hydrogens (tertiary/aromatic N) is 2. The molecule has 0 bridgehead atoms. The SMILES string of the molecule is CC(C)Oc1cncc(-c2cncc(=S)[nH]2)c1. The number of pyridine rings is 1. The Morgan fingerprint density at radius 1 is 1.18 bits per heavy atom. The summed E-state index contributed by atoms with van der Waals surface area (Å²) in [5.41, 5.74) is 1.74. The molecule has 17 heavy (non-hydrogen) atoms. The molecule has 0 saturated heterocycles. The van der Waals surface area contributed by atoms with E-state index < -0.39 is 0 Å². The Bertz CT molecular complexity index is 565. The van der Waals surface area contributed by atoms with Gasteiger partial charge < -0.3 is 9.72 Å². The van der Waals surface area contributed by atoms with Crippen molar-refractivity contribution in [2.75, 3.05) is 0 Å². The molecule has 2 rings (SSSR count). The third kappa shape index (κ3) is 3.10. The average Bonchev–Trinajstić information content (AvgIpc) is 2.28. The zero-order chi connectivity index (χ0) is 12.3. The quantitative estimate of drug-likeness (QED) is 0.847. The minimum atomic E-state index is 0.124. The van der Waals surface area contributed by atoms with Gasteiger partial charge in [-0.05, 0) is 19.9 Å². The van der Waals surface area contributed by atoms with Gasteiger partial charge in [-0.25, -0.2) is 0 Å². The van der Waals surface area contributed by atoms with Crippen LogP contribution in [0.2, 0.25) is 0 Å². The van der Waals surface area contributed by atoms with Crippen molar-refractivity contribution in [1.82, 2.24) is 15.0 Å². The fourth-order valence-corrected chi connectivity index (χ4v) is 1.60. The van der Waals surface area contributed by atoms with Crippen molar-refractivity contribution in [2.24, 2.45) is 0 Å². The summed E-state index contributed by atoms with van der Waals surface area (Å²) in [6, 6.07) is 1.91. The summed E-state index contributed by atoms with van der Waals surface area (Å²) in [5, 5.41) is 0. The van der Waals surface area contributed by atoms with Crippen LogP contribution in [0.4, 0.5) is 0 Å².